The summed E-state index contributed by atoms with van der Waals surface area (Å²) < 4.78 is 7.02. The third kappa shape index (κ3) is 5.34. The van der Waals surface area contributed by atoms with Gasteiger partial charge in [-0.25, -0.2) is 0 Å². The lowest BCUT2D eigenvalue weighted by atomic mass is 9.91. The Morgan fingerprint density at radius 3 is 2.35 bits per heavy atom. The number of Topliss-reactive ketones (excluding diaryl/α,β-unsaturated/α-hetero) is 2. The Morgan fingerprint density at radius 1 is 1.12 bits per heavy atom. The molecule has 1 aliphatic rings. The van der Waals surface area contributed by atoms with Crippen LogP contribution in [-0.4, -0.2) is 64.9 Å². The van der Waals surface area contributed by atoms with E-state index in [0.29, 0.717) is 23.6 Å². The molecule has 0 fully saturated rings. The number of methoxy groups -OCH3 is 1. The summed E-state index contributed by atoms with van der Waals surface area (Å²) in [6, 6.07) is 5.51. The highest BCUT2D eigenvalue weighted by Crippen LogP contribution is 2.28. The molecule has 0 saturated heterocycles. The predicted molar refractivity (Wildman–Crippen MR) is 136 cm³/mol. The molecule has 0 aliphatic carbocycles. The zero-order valence-electron chi connectivity index (χ0n) is 21.6. The van der Waals surface area contributed by atoms with Crippen molar-refractivity contribution in [3.05, 3.63) is 47.4 Å². The van der Waals surface area contributed by atoms with Gasteiger partial charge < -0.3 is 14.5 Å². The highest BCUT2D eigenvalue weighted by molar-refractivity contribution is 6.15. The number of carbonyl (C=O) groups is 2. The van der Waals surface area contributed by atoms with Gasteiger partial charge in [-0.1, -0.05) is 34.6 Å². The van der Waals surface area contributed by atoms with E-state index in [1.165, 1.54) is 0 Å². The number of rotatable bonds is 10. The van der Waals surface area contributed by atoms with Crippen LogP contribution in [0.1, 0.15) is 57.9 Å². The van der Waals surface area contributed by atoms with E-state index in [9.17, 15) is 9.59 Å². The van der Waals surface area contributed by atoms with E-state index in [1.54, 1.807) is 11.8 Å². The number of benzene rings is 1. The van der Waals surface area contributed by atoms with Gasteiger partial charge in [-0.05, 0) is 37.1 Å². The van der Waals surface area contributed by atoms with Crippen LogP contribution in [-0.2, 0) is 11.3 Å². The largest absolute Gasteiger partial charge is 0.497 e. The molecular weight excluding hydrogens is 428 g/mol. The fourth-order valence-electron chi connectivity index (χ4n) is 4.16. The first kappa shape index (κ1) is 25.5. The molecule has 0 saturated carbocycles. The molecule has 0 spiro atoms. The van der Waals surface area contributed by atoms with Crippen molar-refractivity contribution in [3.63, 3.8) is 0 Å². The van der Waals surface area contributed by atoms with Crippen molar-refractivity contribution in [1.82, 2.24) is 19.6 Å². The predicted octanol–water partition coefficient (Wildman–Crippen LogP) is 4.68. The Balaban J connectivity index is 2.00. The van der Waals surface area contributed by atoms with Gasteiger partial charge in [0.25, 0.3) is 0 Å². The number of hydrogen-bond donors (Lipinski definition) is 0. The van der Waals surface area contributed by atoms with E-state index < -0.39 is 5.41 Å². The Hall–Kier alpha value is -3.09. The minimum atomic E-state index is -0.500. The molecule has 34 heavy (non-hydrogen) atoms. The lowest BCUT2D eigenvalue weighted by Gasteiger charge is -2.35. The van der Waals surface area contributed by atoms with Gasteiger partial charge >= 0.3 is 0 Å². The number of hydrogen-bond acceptors (Lipinski definition) is 6. The van der Waals surface area contributed by atoms with Crippen molar-refractivity contribution in [2.75, 3.05) is 33.8 Å². The number of fused-ring (bicyclic) bond motifs is 1. The van der Waals surface area contributed by atoms with Gasteiger partial charge in [-0.2, -0.15) is 5.10 Å². The van der Waals surface area contributed by atoms with Crippen molar-refractivity contribution in [2.45, 2.75) is 54.0 Å². The summed E-state index contributed by atoms with van der Waals surface area (Å²) in [6.07, 6.45) is 6.10. The molecule has 1 aromatic carbocycles. The molecule has 2 aromatic rings. The SMILES string of the molecule is CCCN(CCC)C1=CC=C(C(=O)c2nn(CC(=O)C(C)(C)C)c3cc(OC)ccc23)CN1C. The number of ether oxygens (including phenoxy) is 1. The van der Waals surface area contributed by atoms with Crippen LogP contribution < -0.4 is 4.74 Å². The van der Waals surface area contributed by atoms with E-state index >= 15 is 0 Å². The fraction of sp³-hybridized carbons (Fsp3) is 0.519. The molecule has 0 N–H and O–H groups in total. The van der Waals surface area contributed by atoms with Gasteiger partial charge in [0.2, 0.25) is 5.78 Å². The summed E-state index contributed by atoms with van der Waals surface area (Å²) in [7, 11) is 3.62. The number of likely N-dealkylation sites (N-methyl/N-ethyl adjacent to an activating group) is 1. The van der Waals surface area contributed by atoms with Crippen LogP contribution in [0, 0.1) is 5.41 Å². The molecule has 0 bridgehead atoms. The number of nitrogens with zero attached hydrogens (tertiary/aromatic N) is 4. The van der Waals surface area contributed by atoms with Crippen LogP contribution >= 0.6 is 0 Å². The second-order valence-electron chi connectivity index (χ2n) is 9.95. The van der Waals surface area contributed by atoms with Crippen molar-refractivity contribution in [3.8, 4) is 5.75 Å². The molecule has 0 radical (unpaired) electrons. The van der Waals surface area contributed by atoms with Crippen molar-refractivity contribution >= 4 is 22.5 Å². The third-order valence-corrected chi connectivity index (χ3v) is 6.14. The number of carbonyl (C=O) groups excluding carboxylic acids is 2. The molecule has 184 valence electrons. The molecule has 1 aromatic heterocycles. The topological polar surface area (TPSA) is 67.7 Å². The number of allylic oxidation sites excluding steroid dienone is 2. The molecule has 0 unspecified atom stereocenters. The molecule has 0 atom stereocenters. The van der Waals surface area contributed by atoms with Crippen LogP contribution in [0.2, 0.25) is 0 Å². The first-order valence-electron chi connectivity index (χ1n) is 12.1. The van der Waals surface area contributed by atoms with E-state index in [0.717, 1.165) is 42.7 Å². The van der Waals surface area contributed by atoms with Crippen molar-refractivity contribution < 1.29 is 14.3 Å². The lowest BCUT2D eigenvalue weighted by Crippen LogP contribution is -2.37. The Morgan fingerprint density at radius 2 is 1.79 bits per heavy atom. The van der Waals surface area contributed by atoms with E-state index in [2.05, 4.69) is 28.7 Å². The Labute approximate surface area is 203 Å². The van der Waals surface area contributed by atoms with Crippen molar-refractivity contribution in [2.24, 2.45) is 5.41 Å². The first-order chi connectivity index (χ1) is 16.1. The molecule has 2 heterocycles. The van der Waals surface area contributed by atoms with E-state index in [4.69, 9.17) is 4.74 Å². The number of ketones is 2. The minimum absolute atomic E-state index is 0.0508. The highest BCUT2D eigenvalue weighted by atomic mass is 16.5. The zero-order valence-corrected chi connectivity index (χ0v) is 21.6. The van der Waals surface area contributed by atoms with E-state index in [1.807, 2.05) is 58.2 Å². The Bertz CT molecular complexity index is 1110. The van der Waals surface area contributed by atoms with Crippen LogP contribution in [0.25, 0.3) is 10.9 Å². The summed E-state index contributed by atoms with van der Waals surface area (Å²) in [4.78, 5) is 30.9. The first-order valence-corrected chi connectivity index (χ1v) is 12.1. The molecule has 3 rings (SSSR count). The summed E-state index contributed by atoms with van der Waals surface area (Å²) >= 11 is 0. The molecular formula is C27H38N4O3. The average molecular weight is 467 g/mol. The van der Waals surface area contributed by atoms with Gasteiger partial charge in [-0.15, -0.1) is 0 Å². The smallest absolute Gasteiger partial charge is 0.211 e. The van der Waals surface area contributed by atoms with Crippen LogP contribution in [0.4, 0.5) is 0 Å². The van der Waals surface area contributed by atoms with E-state index in [-0.39, 0.29) is 18.1 Å². The Kier molecular flexibility index (Phi) is 7.85. The van der Waals surface area contributed by atoms with Crippen LogP contribution in [0.15, 0.2) is 41.7 Å². The standard InChI is InChI=1S/C27H38N4O3/c1-8-14-30(15-9-2)24-13-10-19(17-29(24)6)26(33)25-21-12-11-20(34-7)16-22(21)31(28-25)18-23(32)27(3,4)5/h10-13,16H,8-9,14-15,17-18H2,1-7H3. The maximum absolute atomic E-state index is 13.6. The fourth-order valence-corrected chi connectivity index (χ4v) is 4.16. The van der Waals surface area contributed by atoms with Crippen LogP contribution in [0.3, 0.4) is 0 Å². The average Bonchev–Trinajstić information content (AvgIpc) is 3.15. The zero-order chi connectivity index (χ0) is 25.0. The normalized spacial score (nSPS) is 14.1. The van der Waals surface area contributed by atoms with Gasteiger partial charge in [0.05, 0.1) is 12.6 Å². The molecule has 0 amide bonds. The third-order valence-electron chi connectivity index (χ3n) is 6.14. The molecule has 7 heteroatoms. The highest BCUT2D eigenvalue weighted by Gasteiger charge is 2.27. The van der Waals surface area contributed by atoms with Crippen LogP contribution in [0.5, 0.6) is 5.75 Å². The van der Waals surface area contributed by atoms with Gasteiger partial charge in [0.1, 0.15) is 23.8 Å². The molecule has 1 aliphatic heterocycles. The second-order valence-corrected chi connectivity index (χ2v) is 9.95. The number of aromatic nitrogens is 2. The maximum atomic E-state index is 13.6. The summed E-state index contributed by atoms with van der Waals surface area (Å²) in [6.45, 7) is 12.6. The second kappa shape index (κ2) is 10.5. The lowest BCUT2D eigenvalue weighted by molar-refractivity contribution is -0.127. The van der Waals surface area contributed by atoms with Gasteiger partial charge in [0, 0.05) is 49.1 Å². The summed E-state index contributed by atoms with van der Waals surface area (Å²) in [5.74, 6) is 1.73. The molecule has 7 nitrogen and oxygen atoms in total. The quantitative estimate of drug-likeness (QED) is 0.474. The van der Waals surface area contributed by atoms with Gasteiger partial charge in [0.15, 0.2) is 5.78 Å². The summed E-state index contributed by atoms with van der Waals surface area (Å²) in [5.41, 5.74) is 1.27. The summed E-state index contributed by atoms with van der Waals surface area (Å²) in [5, 5.41) is 5.36. The van der Waals surface area contributed by atoms with Gasteiger partial charge in [-0.3, -0.25) is 14.3 Å². The van der Waals surface area contributed by atoms with Crippen molar-refractivity contribution in [1.29, 1.82) is 0 Å². The monoisotopic (exact) mass is 466 g/mol. The minimum Gasteiger partial charge on any atom is -0.497 e. The maximum Gasteiger partial charge on any atom is 0.211 e.